The maximum absolute atomic E-state index is 9.24. The highest BCUT2D eigenvalue weighted by Crippen LogP contribution is 2.36. The van der Waals surface area contributed by atoms with Crippen molar-refractivity contribution in [2.45, 2.75) is 33.1 Å². The molecule has 3 heteroatoms. The summed E-state index contributed by atoms with van der Waals surface area (Å²) in [7, 11) is 0. The first-order valence-corrected chi connectivity index (χ1v) is 7.59. The zero-order valence-electron chi connectivity index (χ0n) is 12.7. The second-order valence-electron chi connectivity index (χ2n) is 6.10. The Hall–Kier alpha value is -1.79. The van der Waals surface area contributed by atoms with Gasteiger partial charge in [-0.05, 0) is 36.6 Å². The zero-order valence-corrected chi connectivity index (χ0v) is 14.3. The Morgan fingerprint density at radius 3 is 2.33 bits per heavy atom. The summed E-state index contributed by atoms with van der Waals surface area (Å²) in [6.07, 6.45) is 0. The fourth-order valence-electron chi connectivity index (χ4n) is 2.12. The number of hydrogen-bond acceptors (Lipinski definition) is 2. The molecule has 0 bridgehead atoms. The molecule has 2 aromatic carbocycles. The van der Waals surface area contributed by atoms with E-state index < -0.39 is 0 Å². The van der Waals surface area contributed by atoms with Gasteiger partial charge in [-0.25, -0.2) is 0 Å². The van der Waals surface area contributed by atoms with Gasteiger partial charge in [-0.3, -0.25) is 0 Å². The molecule has 2 rings (SSSR count). The van der Waals surface area contributed by atoms with Gasteiger partial charge in [0.1, 0.15) is 17.6 Å². The lowest BCUT2D eigenvalue weighted by atomic mass is 9.85. The van der Waals surface area contributed by atoms with Gasteiger partial charge in [-0.2, -0.15) is 5.26 Å². The van der Waals surface area contributed by atoms with E-state index in [1.54, 1.807) is 6.07 Å². The summed E-state index contributed by atoms with van der Waals surface area (Å²) in [5.74, 6) is 1.38. The van der Waals surface area contributed by atoms with E-state index >= 15 is 0 Å². The molecule has 0 fully saturated rings. The third kappa shape index (κ3) is 3.65. The van der Waals surface area contributed by atoms with Gasteiger partial charge in [0.05, 0.1) is 5.56 Å². The number of nitriles is 1. The minimum absolute atomic E-state index is 0.0243. The quantitative estimate of drug-likeness (QED) is 0.698. The highest BCUT2D eigenvalue weighted by Gasteiger charge is 2.20. The van der Waals surface area contributed by atoms with Crippen LogP contribution in [0.15, 0.2) is 40.9 Å². The molecule has 0 heterocycles. The van der Waals surface area contributed by atoms with Crippen LogP contribution < -0.4 is 4.74 Å². The number of hydrogen-bond donors (Lipinski definition) is 0. The van der Waals surface area contributed by atoms with E-state index in [0.29, 0.717) is 11.3 Å². The van der Waals surface area contributed by atoms with Crippen molar-refractivity contribution >= 4 is 15.9 Å². The Balaban J connectivity index is 2.48. The SMILES string of the molecule is Cc1ccc(Oc2ccc(Br)cc2C#N)c(C(C)(C)C)c1. The van der Waals surface area contributed by atoms with E-state index in [9.17, 15) is 5.26 Å². The fraction of sp³-hybridized carbons (Fsp3) is 0.278. The number of benzene rings is 2. The van der Waals surface area contributed by atoms with Crippen molar-refractivity contribution in [3.63, 3.8) is 0 Å². The summed E-state index contributed by atoms with van der Waals surface area (Å²) >= 11 is 3.37. The average Bonchev–Trinajstić information content (AvgIpc) is 2.41. The number of halogens is 1. The second-order valence-corrected chi connectivity index (χ2v) is 7.02. The van der Waals surface area contributed by atoms with Crippen LogP contribution in [0.25, 0.3) is 0 Å². The lowest BCUT2D eigenvalue weighted by Crippen LogP contribution is -2.13. The molecule has 0 saturated carbocycles. The summed E-state index contributed by atoms with van der Waals surface area (Å²) in [4.78, 5) is 0. The van der Waals surface area contributed by atoms with Gasteiger partial charge < -0.3 is 4.74 Å². The van der Waals surface area contributed by atoms with Crippen LogP contribution in [-0.2, 0) is 5.41 Å². The van der Waals surface area contributed by atoms with E-state index in [1.165, 1.54) is 5.56 Å². The van der Waals surface area contributed by atoms with Crippen molar-refractivity contribution in [1.29, 1.82) is 5.26 Å². The summed E-state index contributed by atoms with van der Waals surface area (Å²) < 4.78 is 6.89. The highest BCUT2D eigenvalue weighted by molar-refractivity contribution is 9.10. The highest BCUT2D eigenvalue weighted by atomic mass is 79.9. The second kappa shape index (κ2) is 5.91. The van der Waals surface area contributed by atoms with Gasteiger partial charge in [-0.15, -0.1) is 0 Å². The third-order valence-corrected chi connectivity index (χ3v) is 3.72. The molecular formula is C18H18BrNO. The standard InChI is InChI=1S/C18H18BrNO/c1-12-5-7-17(15(9-12)18(2,3)4)21-16-8-6-14(19)10-13(16)11-20/h5-10H,1-4H3. The number of nitrogens with zero attached hydrogens (tertiary/aromatic N) is 1. The summed E-state index contributed by atoms with van der Waals surface area (Å²) in [5, 5.41) is 9.24. The van der Waals surface area contributed by atoms with E-state index in [2.05, 4.69) is 55.8 Å². The normalized spacial score (nSPS) is 11.0. The van der Waals surface area contributed by atoms with Crippen LogP contribution in [0.5, 0.6) is 11.5 Å². The molecule has 0 aliphatic carbocycles. The van der Waals surface area contributed by atoms with Crippen molar-refractivity contribution < 1.29 is 4.74 Å². The van der Waals surface area contributed by atoms with Crippen LogP contribution in [0.1, 0.15) is 37.5 Å². The predicted octanol–water partition coefficient (Wildman–Crippen LogP) is 5.72. The molecule has 108 valence electrons. The lowest BCUT2D eigenvalue weighted by molar-refractivity contribution is 0.454. The fourth-order valence-corrected chi connectivity index (χ4v) is 2.48. The number of ether oxygens (including phenoxy) is 1. The van der Waals surface area contributed by atoms with Crippen molar-refractivity contribution in [2.24, 2.45) is 0 Å². The van der Waals surface area contributed by atoms with Gasteiger partial charge in [0.25, 0.3) is 0 Å². The molecule has 2 aromatic rings. The maximum atomic E-state index is 9.24. The minimum Gasteiger partial charge on any atom is -0.456 e. The Morgan fingerprint density at radius 2 is 1.71 bits per heavy atom. The predicted molar refractivity (Wildman–Crippen MR) is 88.8 cm³/mol. The molecule has 0 atom stereocenters. The van der Waals surface area contributed by atoms with E-state index in [4.69, 9.17) is 4.74 Å². The van der Waals surface area contributed by atoms with Crippen LogP contribution >= 0.6 is 15.9 Å². The monoisotopic (exact) mass is 343 g/mol. The van der Waals surface area contributed by atoms with E-state index in [0.717, 1.165) is 15.8 Å². The number of rotatable bonds is 2. The van der Waals surface area contributed by atoms with Gasteiger partial charge in [0.15, 0.2) is 0 Å². The van der Waals surface area contributed by atoms with Crippen LogP contribution in [0.3, 0.4) is 0 Å². The van der Waals surface area contributed by atoms with E-state index in [-0.39, 0.29) is 5.41 Å². The maximum Gasteiger partial charge on any atom is 0.145 e. The molecule has 0 aliphatic rings. The van der Waals surface area contributed by atoms with Crippen LogP contribution in [0.4, 0.5) is 0 Å². The van der Waals surface area contributed by atoms with Gasteiger partial charge in [0, 0.05) is 10.0 Å². The molecule has 0 radical (unpaired) electrons. The molecule has 21 heavy (non-hydrogen) atoms. The molecule has 0 unspecified atom stereocenters. The Labute approximate surface area is 134 Å². The van der Waals surface area contributed by atoms with E-state index in [1.807, 2.05) is 24.3 Å². The van der Waals surface area contributed by atoms with Gasteiger partial charge in [-0.1, -0.05) is 54.4 Å². The van der Waals surface area contributed by atoms with Crippen LogP contribution in [0, 0.1) is 18.3 Å². The summed E-state index contributed by atoms with van der Waals surface area (Å²) in [6.45, 7) is 8.53. The molecule has 0 aromatic heterocycles. The minimum atomic E-state index is -0.0243. The van der Waals surface area contributed by atoms with Crippen LogP contribution in [-0.4, -0.2) is 0 Å². The van der Waals surface area contributed by atoms with Crippen molar-refractivity contribution in [3.8, 4) is 17.6 Å². The Kier molecular flexibility index (Phi) is 4.39. The van der Waals surface area contributed by atoms with Gasteiger partial charge in [0.2, 0.25) is 0 Å². The smallest absolute Gasteiger partial charge is 0.145 e. The number of aryl methyl sites for hydroxylation is 1. The first-order valence-electron chi connectivity index (χ1n) is 6.80. The Bertz CT molecular complexity index is 708. The molecule has 2 nitrogen and oxygen atoms in total. The third-order valence-electron chi connectivity index (χ3n) is 3.23. The molecule has 0 spiro atoms. The average molecular weight is 344 g/mol. The van der Waals surface area contributed by atoms with Crippen molar-refractivity contribution in [1.82, 2.24) is 0 Å². The van der Waals surface area contributed by atoms with Crippen molar-refractivity contribution in [3.05, 3.63) is 57.6 Å². The zero-order chi connectivity index (χ0) is 15.6. The topological polar surface area (TPSA) is 33.0 Å². The summed E-state index contributed by atoms with van der Waals surface area (Å²) in [5.41, 5.74) is 2.83. The molecule has 0 saturated heterocycles. The van der Waals surface area contributed by atoms with Crippen LogP contribution in [0.2, 0.25) is 0 Å². The lowest BCUT2D eigenvalue weighted by Gasteiger charge is -2.23. The molecular weight excluding hydrogens is 326 g/mol. The largest absolute Gasteiger partial charge is 0.456 e. The summed E-state index contributed by atoms with van der Waals surface area (Å²) in [6, 6.07) is 13.8. The Morgan fingerprint density at radius 1 is 1.05 bits per heavy atom. The first kappa shape index (κ1) is 15.6. The van der Waals surface area contributed by atoms with Gasteiger partial charge >= 0.3 is 0 Å². The van der Waals surface area contributed by atoms with Crippen molar-refractivity contribution in [2.75, 3.05) is 0 Å². The first-order chi connectivity index (χ1) is 9.81. The molecule has 0 aliphatic heterocycles. The molecule has 0 N–H and O–H groups in total. The molecule has 0 amide bonds.